The average molecular weight is 486 g/mol. The Bertz CT molecular complexity index is 1260. The Morgan fingerprint density at radius 2 is 0.939 bits per heavy atom. The average Bonchev–Trinajstić information content (AvgIpc) is 2.73. The van der Waals surface area contributed by atoms with Gasteiger partial charge in [-0.15, -0.1) is 0 Å². The predicted molar refractivity (Wildman–Crippen MR) is 93.0 cm³/mol. The van der Waals surface area contributed by atoms with Gasteiger partial charge in [-0.25, -0.2) is 22.0 Å². The van der Waals surface area contributed by atoms with Crippen LogP contribution in [0.2, 0.25) is 0 Å². The molecule has 0 amide bonds. The number of alkyl halides is 3. The van der Waals surface area contributed by atoms with E-state index in [0.29, 0.717) is 12.1 Å². The summed E-state index contributed by atoms with van der Waals surface area (Å²) in [4.78, 5) is 0. The van der Waals surface area contributed by atoms with Crippen molar-refractivity contribution in [2.45, 2.75) is 6.18 Å². The van der Waals surface area contributed by atoms with E-state index in [9.17, 15) is 43.9 Å². The molecule has 0 aliphatic carbocycles. The third kappa shape index (κ3) is 4.40. The fourth-order valence-electron chi connectivity index (χ4n) is 2.50. The Hall–Kier alpha value is -3.84. The minimum Gasteiger partial charge on any atom is -0.453 e. The maximum absolute atomic E-state index is 14.3. The molecule has 0 aromatic heterocycles. The number of hydrogen-bond acceptors (Lipinski definition) is 4. The molecule has 176 valence electrons. The van der Waals surface area contributed by atoms with Crippen LogP contribution >= 0.6 is 0 Å². The van der Waals surface area contributed by atoms with Gasteiger partial charge in [0.05, 0.1) is 11.4 Å². The van der Waals surface area contributed by atoms with E-state index in [2.05, 4.69) is 9.47 Å². The Morgan fingerprint density at radius 1 is 0.515 bits per heavy atom. The monoisotopic (exact) mass is 486 g/mol. The SMILES string of the molecule is Nc1cc(Oc2cc(Oc3cc(N)c(F)c(F)c3F)c(C(F)(F)F)cc2F)c(F)c(F)c1F. The summed E-state index contributed by atoms with van der Waals surface area (Å²) in [6, 6.07) is 0.605. The Balaban J connectivity index is 2.14. The zero-order chi connectivity index (χ0) is 24.8. The van der Waals surface area contributed by atoms with Crippen LogP contribution in [-0.2, 0) is 6.18 Å². The number of anilines is 2. The van der Waals surface area contributed by atoms with E-state index in [0.717, 1.165) is 0 Å². The van der Waals surface area contributed by atoms with Gasteiger partial charge in [-0.05, 0) is 6.07 Å². The van der Waals surface area contributed by atoms with Gasteiger partial charge in [0.25, 0.3) is 0 Å². The van der Waals surface area contributed by atoms with Crippen molar-refractivity contribution in [3.05, 3.63) is 70.5 Å². The van der Waals surface area contributed by atoms with Gasteiger partial charge in [0.2, 0.25) is 11.6 Å². The maximum Gasteiger partial charge on any atom is 0.420 e. The van der Waals surface area contributed by atoms with Crippen molar-refractivity contribution in [1.29, 1.82) is 0 Å². The highest BCUT2D eigenvalue weighted by molar-refractivity contribution is 5.52. The van der Waals surface area contributed by atoms with Crippen LogP contribution in [0.15, 0.2) is 24.3 Å². The van der Waals surface area contributed by atoms with Gasteiger partial charge >= 0.3 is 6.18 Å². The van der Waals surface area contributed by atoms with E-state index in [1.54, 1.807) is 0 Å². The predicted octanol–water partition coefficient (Wildman–Crippen LogP) is 6.43. The number of nitrogens with two attached hydrogens (primary N) is 2. The summed E-state index contributed by atoms with van der Waals surface area (Å²) in [5, 5.41) is 0. The summed E-state index contributed by atoms with van der Waals surface area (Å²) < 4.78 is 145. The van der Waals surface area contributed by atoms with Gasteiger partial charge in [0.1, 0.15) is 11.3 Å². The highest BCUT2D eigenvalue weighted by Crippen LogP contribution is 2.43. The topological polar surface area (TPSA) is 70.5 Å². The fraction of sp³-hybridized carbons (Fsp3) is 0.0526. The molecule has 33 heavy (non-hydrogen) atoms. The van der Waals surface area contributed by atoms with E-state index in [4.69, 9.17) is 11.5 Å². The summed E-state index contributed by atoms with van der Waals surface area (Å²) in [6.45, 7) is 0. The first kappa shape index (κ1) is 23.8. The van der Waals surface area contributed by atoms with E-state index in [1.165, 1.54) is 0 Å². The third-order valence-corrected chi connectivity index (χ3v) is 4.06. The number of benzene rings is 3. The zero-order valence-electron chi connectivity index (χ0n) is 15.6. The summed E-state index contributed by atoms with van der Waals surface area (Å²) in [5.41, 5.74) is 6.31. The minimum atomic E-state index is -5.33. The molecular weight excluding hydrogens is 478 g/mol. The second-order valence-electron chi connectivity index (χ2n) is 6.29. The Labute approximate surface area is 176 Å². The van der Waals surface area contributed by atoms with Crippen molar-refractivity contribution in [2.75, 3.05) is 11.5 Å². The van der Waals surface area contributed by atoms with Crippen molar-refractivity contribution < 1.29 is 53.4 Å². The summed E-state index contributed by atoms with van der Waals surface area (Å²) in [5.74, 6) is -19.0. The number of ether oxygens (including phenoxy) is 2. The van der Waals surface area contributed by atoms with Gasteiger partial charge in [-0.1, -0.05) is 0 Å². The molecule has 0 bridgehead atoms. The molecule has 0 atom stereocenters. The fourth-order valence-corrected chi connectivity index (χ4v) is 2.50. The number of rotatable bonds is 4. The van der Waals surface area contributed by atoms with Crippen LogP contribution < -0.4 is 20.9 Å². The van der Waals surface area contributed by atoms with Crippen LogP contribution in [0.25, 0.3) is 0 Å². The molecule has 0 aliphatic heterocycles. The van der Waals surface area contributed by atoms with Gasteiger partial charge < -0.3 is 20.9 Å². The number of nitrogen functional groups attached to an aromatic ring is 2. The molecular formula is C19H8F10N2O2. The smallest absolute Gasteiger partial charge is 0.420 e. The lowest BCUT2D eigenvalue weighted by Crippen LogP contribution is -2.10. The molecule has 0 saturated carbocycles. The molecule has 3 aromatic rings. The minimum absolute atomic E-state index is 0.131. The molecule has 0 heterocycles. The normalized spacial score (nSPS) is 11.6. The molecule has 14 heteroatoms. The van der Waals surface area contributed by atoms with Gasteiger partial charge in [-0.2, -0.15) is 22.0 Å². The number of halogens is 10. The first-order valence-corrected chi connectivity index (χ1v) is 8.34. The van der Waals surface area contributed by atoms with Crippen molar-refractivity contribution >= 4 is 11.4 Å². The molecule has 0 saturated heterocycles. The van der Waals surface area contributed by atoms with Gasteiger partial charge in [0, 0.05) is 18.2 Å². The first-order valence-electron chi connectivity index (χ1n) is 8.34. The van der Waals surface area contributed by atoms with Crippen molar-refractivity contribution in [2.24, 2.45) is 0 Å². The van der Waals surface area contributed by atoms with Gasteiger partial charge in [-0.3, -0.25) is 0 Å². The molecule has 0 aliphatic rings. The molecule has 0 fully saturated rings. The van der Waals surface area contributed by atoms with Crippen LogP contribution in [0.1, 0.15) is 5.56 Å². The lowest BCUT2D eigenvalue weighted by molar-refractivity contribution is -0.138. The van der Waals surface area contributed by atoms with Crippen LogP contribution in [0, 0.1) is 40.7 Å². The highest BCUT2D eigenvalue weighted by atomic mass is 19.4. The quantitative estimate of drug-likeness (QED) is 0.254. The molecule has 0 unspecified atom stereocenters. The molecule has 4 N–H and O–H groups in total. The van der Waals surface area contributed by atoms with Crippen molar-refractivity contribution in [3.8, 4) is 23.0 Å². The molecule has 4 nitrogen and oxygen atoms in total. The Kier molecular flexibility index (Phi) is 5.96. The van der Waals surface area contributed by atoms with Crippen LogP contribution in [-0.4, -0.2) is 0 Å². The van der Waals surface area contributed by atoms with Crippen LogP contribution in [0.5, 0.6) is 23.0 Å². The first-order chi connectivity index (χ1) is 15.2. The lowest BCUT2D eigenvalue weighted by Gasteiger charge is -2.17. The summed E-state index contributed by atoms with van der Waals surface area (Å²) in [7, 11) is 0. The van der Waals surface area contributed by atoms with E-state index in [1.807, 2.05) is 0 Å². The molecule has 0 spiro atoms. The van der Waals surface area contributed by atoms with Crippen molar-refractivity contribution in [1.82, 2.24) is 0 Å². The summed E-state index contributed by atoms with van der Waals surface area (Å²) >= 11 is 0. The standard InChI is InChI=1S/C19H8F10N2O2/c20-6-1-5(19(27,28)29)9(32-11-2-7(30)13(21)17(25)15(11)23)4-10(6)33-12-3-8(31)14(22)18(26)16(12)24/h1-4H,30-31H2. The second-order valence-corrected chi connectivity index (χ2v) is 6.29. The van der Waals surface area contributed by atoms with E-state index >= 15 is 0 Å². The van der Waals surface area contributed by atoms with Crippen LogP contribution in [0.3, 0.4) is 0 Å². The largest absolute Gasteiger partial charge is 0.453 e. The van der Waals surface area contributed by atoms with E-state index in [-0.39, 0.29) is 12.1 Å². The molecule has 0 radical (unpaired) electrons. The lowest BCUT2D eigenvalue weighted by atomic mass is 10.1. The maximum atomic E-state index is 14.3. The van der Waals surface area contributed by atoms with Gasteiger partial charge in [0.15, 0.2) is 46.3 Å². The number of hydrogen-bond donors (Lipinski definition) is 2. The summed E-state index contributed by atoms with van der Waals surface area (Å²) in [6.07, 6.45) is -5.33. The van der Waals surface area contributed by atoms with Crippen LogP contribution in [0.4, 0.5) is 55.3 Å². The highest BCUT2D eigenvalue weighted by Gasteiger charge is 2.37. The Morgan fingerprint density at radius 3 is 1.36 bits per heavy atom. The second kappa shape index (κ2) is 8.26. The van der Waals surface area contributed by atoms with E-state index < -0.39 is 86.8 Å². The van der Waals surface area contributed by atoms with Crippen molar-refractivity contribution in [3.63, 3.8) is 0 Å². The molecule has 3 aromatic carbocycles. The zero-order valence-corrected chi connectivity index (χ0v) is 15.6. The molecule has 3 rings (SSSR count). The third-order valence-electron chi connectivity index (χ3n) is 4.06.